The predicted octanol–water partition coefficient (Wildman–Crippen LogP) is 2.83. The Morgan fingerprint density at radius 3 is 2.82 bits per heavy atom. The van der Waals surface area contributed by atoms with Crippen LogP contribution >= 0.6 is 0 Å². The lowest BCUT2D eigenvalue weighted by molar-refractivity contribution is 0.0240. The summed E-state index contributed by atoms with van der Waals surface area (Å²) >= 11 is 0. The van der Waals surface area contributed by atoms with E-state index in [1.807, 2.05) is 36.4 Å². The second kappa shape index (κ2) is 5.04. The molecule has 1 fully saturated rings. The van der Waals surface area contributed by atoms with Crippen LogP contribution in [0.25, 0.3) is 0 Å². The molecule has 0 spiro atoms. The van der Waals surface area contributed by atoms with E-state index in [2.05, 4.69) is 13.5 Å². The summed E-state index contributed by atoms with van der Waals surface area (Å²) in [7, 11) is 0. The van der Waals surface area contributed by atoms with Gasteiger partial charge in [0, 0.05) is 12.5 Å². The summed E-state index contributed by atoms with van der Waals surface area (Å²) < 4.78 is 5.15. The van der Waals surface area contributed by atoms with Crippen LogP contribution in [0.2, 0.25) is 0 Å². The van der Waals surface area contributed by atoms with Crippen molar-refractivity contribution in [2.24, 2.45) is 5.92 Å². The number of hydrogen-bond donors (Lipinski definition) is 0. The zero-order valence-electron chi connectivity index (χ0n) is 10.0. The number of amides is 1. The van der Waals surface area contributed by atoms with Crippen LogP contribution in [-0.4, -0.2) is 23.6 Å². The molecule has 0 aromatic heterocycles. The van der Waals surface area contributed by atoms with Gasteiger partial charge in [0.05, 0.1) is 12.6 Å². The SMILES string of the molecule is C=C[C@@H]1[C@@H](C)COC(=O)N1Cc1ccccc1. The quantitative estimate of drug-likeness (QED) is 0.749. The third-order valence-corrected chi connectivity index (χ3v) is 3.08. The molecule has 0 bridgehead atoms. The van der Waals surface area contributed by atoms with Gasteiger partial charge in [-0.1, -0.05) is 43.3 Å². The van der Waals surface area contributed by atoms with E-state index in [-0.39, 0.29) is 18.1 Å². The summed E-state index contributed by atoms with van der Waals surface area (Å²) in [6.45, 7) is 6.92. The van der Waals surface area contributed by atoms with Gasteiger partial charge < -0.3 is 4.74 Å². The zero-order chi connectivity index (χ0) is 12.3. The summed E-state index contributed by atoms with van der Waals surface area (Å²) in [4.78, 5) is 13.5. The largest absolute Gasteiger partial charge is 0.449 e. The Bertz CT molecular complexity index is 402. The highest BCUT2D eigenvalue weighted by Crippen LogP contribution is 2.22. The number of ether oxygens (including phenoxy) is 1. The van der Waals surface area contributed by atoms with Crippen molar-refractivity contribution in [2.45, 2.75) is 19.5 Å². The molecule has 1 aliphatic rings. The molecule has 0 N–H and O–H groups in total. The van der Waals surface area contributed by atoms with Crippen LogP contribution in [0.3, 0.4) is 0 Å². The number of nitrogens with zero attached hydrogens (tertiary/aromatic N) is 1. The Kier molecular flexibility index (Phi) is 3.47. The van der Waals surface area contributed by atoms with Crippen molar-refractivity contribution in [3.8, 4) is 0 Å². The molecule has 1 amide bonds. The number of carbonyl (C=O) groups is 1. The standard InChI is InChI=1S/C14H17NO2/c1-3-13-11(2)10-17-14(16)15(13)9-12-7-5-4-6-8-12/h3-8,11,13H,1,9-10H2,2H3/t11-,13+/m0/s1. The van der Waals surface area contributed by atoms with E-state index in [4.69, 9.17) is 4.74 Å². The summed E-state index contributed by atoms with van der Waals surface area (Å²) in [5.74, 6) is 0.286. The van der Waals surface area contributed by atoms with Crippen LogP contribution in [0.5, 0.6) is 0 Å². The van der Waals surface area contributed by atoms with Crippen LogP contribution in [0.15, 0.2) is 43.0 Å². The van der Waals surface area contributed by atoms with Gasteiger partial charge in [-0.05, 0) is 5.56 Å². The molecule has 0 saturated carbocycles. The summed E-state index contributed by atoms with van der Waals surface area (Å²) in [5.41, 5.74) is 1.10. The second-order valence-electron chi connectivity index (χ2n) is 4.39. The molecule has 3 heteroatoms. The first kappa shape index (κ1) is 11.7. The first-order chi connectivity index (χ1) is 8.22. The minimum absolute atomic E-state index is 0.0523. The van der Waals surface area contributed by atoms with E-state index in [0.29, 0.717) is 13.2 Å². The molecule has 1 aliphatic heterocycles. The Hall–Kier alpha value is -1.77. The van der Waals surface area contributed by atoms with Gasteiger partial charge in [0.15, 0.2) is 0 Å². The van der Waals surface area contributed by atoms with E-state index in [9.17, 15) is 4.79 Å². The molecule has 0 radical (unpaired) electrons. The average molecular weight is 231 g/mol. The van der Waals surface area contributed by atoms with Gasteiger partial charge in [-0.15, -0.1) is 6.58 Å². The van der Waals surface area contributed by atoms with Crippen LogP contribution in [-0.2, 0) is 11.3 Å². The zero-order valence-corrected chi connectivity index (χ0v) is 10.0. The fourth-order valence-corrected chi connectivity index (χ4v) is 2.12. The molecule has 1 heterocycles. The van der Waals surface area contributed by atoms with Crippen molar-refractivity contribution in [1.29, 1.82) is 0 Å². The molecule has 0 aliphatic carbocycles. The number of cyclic esters (lactones) is 1. The van der Waals surface area contributed by atoms with Gasteiger partial charge in [0.2, 0.25) is 0 Å². The van der Waals surface area contributed by atoms with Gasteiger partial charge in [-0.3, -0.25) is 4.90 Å². The Morgan fingerprint density at radius 1 is 1.47 bits per heavy atom. The number of rotatable bonds is 3. The molecule has 2 atom stereocenters. The van der Waals surface area contributed by atoms with E-state index >= 15 is 0 Å². The lowest BCUT2D eigenvalue weighted by Crippen LogP contribution is -2.48. The maximum absolute atomic E-state index is 11.8. The van der Waals surface area contributed by atoms with E-state index in [1.165, 1.54) is 0 Å². The molecular formula is C14H17NO2. The van der Waals surface area contributed by atoms with Crippen LogP contribution in [0.1, 0.15) is 12.5 Å². The minimum atomic E-state index is -0.253. The van der Waals surface area contributed by atoms with Crippen molar-refractivity contribution < 1.29 is 9.53 Å². The Labute approximate surface area is 102 Å². The summed E-state index contributed by atoms with van der Waals surface area (Å²) in [6.07, 6.45) is 1.57. The van der Waals surface area contributed by atoms with Crippen LogP contribution in [0, 0.1) is 5.92 Å². The highest BCUT2D eigenvalue weighted by atomic mass is 16.6. The van der Waals surface area contributed by atoms with Gasteiger partial charge in [0.25, 0.3) is 0 Å². The van der Waals surface area contributed by atoms with Crippen molar-refractivity contribution in [3.05, 3.63) is 48.6 Å². The fourth-order valence-electron chi connectivity index (χ4n) is 2.12. The topological polar surface area (TPSA) is 29.5 Å². The average Bonchev–Trinajstić information content (AvgIpc) is 2.35. The normalized spacial score (nSPS) is 24.3. The molecule has 1 saturated heterocycles. The first-order valence-electron chi connectivity index (χ1n) is 5.82. The highest BCUT2D eigenvalue weighted by Gasteiger charge is 2.32. The number of benzene rings is 1. The fraction of sp³-hybridized carbons (Fsp3) is 0.357. The number of hydrogen-bond acceptors (Lipinski definition) is 2. The highest BCUT2D eigenvalue weighted by molar-refractivity contribution is 5.69. The van der Waals surface area contributed by atoms with E-state index in [0.717, 1.165) is 5.56 Å². The smallest absolute Gasteiger partial charge is 0.410 e. The molecule has 1 aromatic rings. The van der Waals surface area contributed by atoms with Crippen molar-refractivity contribution in [1.82, 2.24) is 4.90 Å². The van der Waals surface area contributed by atoms with Gasteiger partial charge in [-0.25, -0.2) is 4.79 Å². The molecule has 17 heavy (non-hydrogen) atoms. The third-order valence-electron chi connectivity index (χ3n) is 3.08. The van der Waals surface area contributed by atoms with E-state index < -0.39 is 0 Å². The molecule has 0 unspecified atom stereocenters. The van der Waals surface area contributed by atoms with Gasteiger partial charge >= 0.3 is 6.09 Å². The van der Waals surface area contributed by atoms with Crippen molar-refractivity contribution >= 4 is 6.09 Å². The van der Waals surface area contributed by atoms with Crippen molar-refractivity contribution in [2.75, 3.05) is 6.61 Å². The van der Waals surface area contributed by atoms with Crippen molar-refractivity contribution in [3.63, 3.8) is 0 Å². The molecule has 90 valence electrons. The van der Waals surface area contributed by atoms with E-state index in [1.54, 1.807) is 4.90 Å². The third kappa shape index (κ3) is 2.49. The first-order valence-corrected chi connectivity index (χ1v) is 5.82. The van der Waals surface area contributed by atoms with Crippen LogP contribution in [0.4, 0.5) is 4.79 Å². The van der Waals surface area contributed by atoms with Gasteiger partial charge in [-0.2, -0.15) is 0 Å². The summed E-state index contributed by atoms with van der Waals surface area (Å²) in [5, 5.41) is 0. The lowest BCUT2D eigenvalue weighted by atomic mass is 9.99. The number of carbonyl (C=O) groups excluding carboxylic acids is 1. The molecular weight excluding hydrogens is 214 g/mol. The Balaban J connectivity index is 2.16. The molecule has 2 rings (SSSR count). The maximum Gasteiger partial charge on any atom is 0.410 e. The van der Waals surface area contributed by atoms with Crippen LogP contribution < -0.4 is 0 Å². The maximum atomic E-state index is 11.8. The Morgan fingerprint density at radius 2 is 2.18 bits per heavy atom. The molecule has 1 aromatic carbocycles. The summed E-state index contributed by atoms with van der Waals surface area (Å²) in [6, 6.07) is 9.97. The second-order valence-corrected chi connectivity index (χ2v) is 4.39. The minimum Gasteiger partial charge on any atom is -0.449 e. The molecule has 3 nitrogen and oxygen atoms in total. The monoisotopic (exact) mass is 231 g/mol. The lowest BCUT2D eigenvalue weighted by Gasteiger charge is -2.37. The van der Waals surface area contributed by atoms with Gasteiger partial charge in [0.1, 0.15) is 0 Å². The predicted molar refractivity (Wildman–Crippen MR) is 66.5 cm³/mol.